The number of H-pyrrole nitrogens is 1. The minimum Gasteiger partial charge on any atom is -0.361 e. The summed E-state index contributed by atoms with van der Waals surface area (Å²) < 4.78 is 2.01. The third kappa shape index (κ3) is 3.10. The maximum atomic E-state index is 13.6. The van der Waals surface area contributed by atoms with E-state index in [2.05, 4.69) is 31.2 Å². The second-order valence-electron chi connectivity index (χ2n) is 6.89. The molecule has 5 rings (SSSR count). The molecule has 150 valence electrons. The number of imidazole rings is 1. The first kappa shape index (κ1) is 19.0. The summed E-state index contributed by atoms with van der Waals surface area (Å²) >= 11 is 5.15. The molecule has 3 aromatic rings. The van der Waals surface area contributed by atoms with Crippen molar-refractivity contribution in [3.63, 3.8) is 0 Å². The Bertz CT molecular complexity index is 1250. The molecule has 30 heavy (non-hydrogen) atoms. The van der Waals surface area contributed by atoms with Crippen LogP contribution in [0.25, 0.3) is 10.2 Å². The minimum absolute atomic E-state index is 0.218. The predicted molar refractivity (Wildman–Crippen MR) is 120 cm³/mol. The number of aromatic amines is 1. The molecule has 0 saturated carbocycles. The average molecular weight is 481 g/mol. The van der Waals surface area contributed by atoms with E-state index in [0.29, 0.717) is 24.2 Å². The highest BCUT2D eigenvalue weighted by Gasteiger charge is 2.37. The number of aromatic nitrogens is 3. The SMILES string of the molecule is N=C/C(C(=O)N1CCc2[nH]cnc2[C@H]1c1nc2cccc(Br)c2s1)=C1/C=CC=CN1. The first-order valence-electron chi connectivity index (χ1n) is 9.40. The topological polar surface area (TPSA) is 97.8 Å². The van der Waals surface area contributed by atoms with Crippen molar-refractivity contribution in [2.45, 2.75) is 12.5 Å². The second-order valence-corrected chi connectivity index (χ2v) is 8.78. The van der Waals surface area contributed by atoms with Gasteiger partial charge in [-0.1, -0.05) is 12.1 Å². The summed E-state index contributed by atoms with van der Waals surface area (Å²) in [5.74, 6) is -0.218. The first-order valence-corrected chi connectivity index (χ1v) is 11.0. The summed E-state index contributed by atoms with van der Waals surface area (Å²) in [4.78, 5) is 27.9. The molecule has 0 spiro atoms. The molecule has 7 nitrogen and oxygen atoms in total. The molecule has 1 amide bonds. The Labute approximate surface area is 184 Å². The van der Waals surface area contributed by atoms with E-state index in [1.807, 2.05) is 30.4 Å². The van der Waals surface area contributed by atoms with Crippen molar-refractivity contribution >= 4 is 49.6 Å². The van der Waals surface area contributed by atoms with Crippen molar-refractivity contribution in [3.05, 3.63) is 81.1 Å². The highest BCUT2D eigenvalue weighted by atomic mass is 79.9. The lowest BCUT2D eigenvalue weighted by Gasteiger charge is -2.34. The number of allylic oxidation sites excluding steroid dienone is 3. The van der Waals surface area contributed by atoms with Crippen molar-refractivity contribution in [2.24, 2.45) is 0 Å². The largest absolute Gasteiger partial charge is 0.361 e. The number of rotatable bonds is 3. The zero-order valence-electron chi connectivity index (χ0n) is 15.7. The lowest BCUT2D eigenvalue weighted by atomic mass is 10.0. The molecule has 9 heteroatoms. The number of benzene rings is 1. The van der Waals surface area contributed by atoms with Crippen LogP contribution in [0.3, 0.4) is 0 Å². The van der Waals surface area contributed by atoms with Gasteiger partial charge in [-0.05, 0) is 40.2 Å². The maximum absolute atomic E-state index is 13.6. The van der Waals surface area contributed by atoms with Crippen LogP contribution in [0.4, 0.5) is 0 Å². The smallest absolute Gasteiger partial charge is 0.258 e. The van der Waals surface area contributed by atoms with Crippen LogP contribution in [-0.4, -0.2) is 38.5 Å². The van der Waals surface area contributed by atoms with E-state index >= 15 is 0 Å². The number of amides is 1. The molecular weight excluding hydrogens is 464 g/mol. The van der Waals surface area contributed by atoms with Gasteiger partial charge in [-0.2, -0.15) is 0 Å². The quantitative estimate of drug-likeness (QED) is 0.391. The van der Waals surface area contributed by atoms with Crippen LogP contribution in [0, 0.1) is 5.41 Å². The van der Waals surface area contributed by atoms with Gasteiger partial charge in [0.25, 0.3) is 5.91 Å². The normalized spacial score (nSPS) is 19.5. The van der Waals surface area contributed by atoms with Gasteiger partial charge >= 0.3 is 0 Å². The van der Waals surface area contributed by atoms with E-state index in [9.17, 15) is 4.79 Å². The Kier molecular flexibility index (Phi) is 4.84. The van der Waals surface area contributed by atoms with Gasteiger partial charge in [0.15, 0.2) is 0 Å². The zero-order valence-corrected chi connectivity index (χ0v) is 18.1. The van der Waals surface area contributed by atoms with Gasteiger partial charge in [0, 0.05) is 35.5 Å². The lowest BCUT2D eigenvalue weighted by molar-refractivity contribution is -0.128. The van der Waals surface area contributed by atoms with Crippen LogP contribution in [0.15, 0.2) is 64.7 Å². The number of dihydropyridines is 1. The maximum Gasteiger partial charge on any atom is 0.258 e. The highest BCUT2D eigenvalue weighted by molar-refractivity contribution is 9.10. The number of halogens is 1. The molecule has 3 N–H and O–H groups in total. The van der Waals surface area contributed by atoms with Crippen molar-refractivity contribution in [1.29, 1.82) is 5.41 Å². The van der Waals surface area contributed by atoms with Gasteiger partial charge in [-0.3, -0.25) is 4.79 Å². The fourth-order valence-corrected chi connectivity index (χ4v) is 5.45. The van der Waals surface area contributed by atoms with Gasteiger partial charge in [-0.25, -0.2) is 9.97 Å². The third-order valence-electron chi connectivity index (χ3n) is 5.18. The van der Waals surface area contributed by atoms with Crippen LogP contribution in [0.1, 0.15) is 22.4 Å². The summed E-state index contributed by atoms with van der Waals surface area (Å²) in [6.07, 6.45) is 10.7. The van der Waals surface area contributed by atoms with Crippen LogP contribution >= 0.6 is 27.3 Å². The molecule has 0 unspecified atom stereocenters. The molecule has 0 aliphatic carbocycles. The van der Waals surface area contributed by atoms with Crippen LogP contribution in [0.2, 0.25) is 0 Å². The lowest BCUT2D eigenvalue weighted by Crippen LogP contribution is -2.42. The van der Waals surface area contributed by atoms with Crippen LogP contribution < -0.4 is 5.32 Å². The van der Waals surface area contributed by atoms with Crippen LogP contribution in [-0.2, 0) is 11.2 Å². The van der Waals surface area contributed by atoms with E-state index in [4.69, 9.17) is 10.4 Å². The summed E-state index contributed by atoms with van der Waals surface area (Å²) in [6, 6.07) is 5.50. The van der Waals surface area contributed by atoms with Gasteiger partial charge in [0.2, 0.25) is 0 Å². The molecule has 4 heterocycles. The molecule has 0 fully saturated rings. The molecule has 1 atom stereocenters. The van der Waals surface area contributed by atoms with Crippen molar-refractivity contribution < 1.29 is 4.79 Å². The van der Waals surface area contributed by atoms with Gasteiger partial charge in [-0.15, -0.1) is 11.3 Å². The van der Waals surface area contributed by atoms with E-state index < -0.39 is 6.04 Å². The molecule has 2 aliphatic rings. The van der Waals surface area contributed by atoms with E-state index in [0.717, 1.165) is 37.3 Å². The average Bonchev–Trinajstić information content (AvgIpc) is 3.42. The Balaban J connectivity index is 1.62. The molecular formula is C21H17BrN6OS. The standard InChI is InChI=1S/C21H17BrN6OS/c22-13-4-3-6-16-19(13)30-20(27-16)18-17-15(25-11-26-17)7-9-28(18)21(29)12(10-23)14-5-1-2-8-24-14/h1-6,8,10-11,18,23-24H,7,9H2,(H,25,26)/b14-12+,23-10?/t18-/m0/s1. The molecule has 2 aromatic heterocycles. The van der Waals surface area contributed by atoms with Gasteiger partial charge < -0.3 is 20.6 Å². The van der Waals surface area contributed by atoms with Crippen molar-refractivity contribution in [2.75, 3.05) is 6.54 Å². The first-order chi connectivity index (χ1) is 14.7. The van der Waals surface area contributed by atoms with E-state index in [1.54, 1.807) is 34.8 Å². The third-order valence-corrected chi connectivity index (χ3v) is 7.26. The minimum atomic E-state index is -0.407. The monoisotopic (exact) mass is 480 g/mol. The Morgan fingerprint density at radius 3 is 3.03 bits per heavy atom. The number of nitrogens with zero attached hydrogens (tertiary/aromatic N) is 3. The summed E-state index contributed by atoms with van der Waals surface area (Å²) in [7, 11) is 0. The van der Waals surface area contributed by atoms with Crippen molar-refractivity contribution in [1.82, 2.24) is 25.2 Å². The van der Waals surface area contributed by atoms with E-state index in [-0.39, 0.29) is 5.91 Å². The Morgan fingerprint density at radius 1 is 1.37 bits per heavy atom. The van der Waals surface area contributed by atoms with Gasteiger partial charge in [0.1, 0.15) is 11.0 Å². The Hall–Kier alpha value is -3.04. The number of hydrogen-bond acceptors (Lipinski definition) is 6. The fraction of sp³-hybridized carbons (Fsp3) is 0.143. The molecule has 1 aromatic carbocycles. The number of nitrogens with one attached hydrogen (secondary N) is 3. The predicted octanol–water partition coefficient (Wildman–Crippen LogP) is 3.83. The number of carbonyl (C=O) groups is 1. The Morgan fingerprint density at radius 2 is 2.27 bits per heavy atom. The second kappa shape index (κ2) is 7.66. The van der Waals surface area contributed by atoms with Gasteiger partial charge in [0.05, 0.1) is 33.5 Å². The fourth-order valence-electron chi connectivity index (χ4n) is 3.77. The summed E-state index contributed by atoms with van der Waals surface area (Å²) in [6.45, 7) is 0.514. The zero-order chi connectivity index (χ0) is 20.7. The number of fused-ring (bicyclic) bond motifs is 2. The number of thiazole rings is 1. The highest BCUT2D eigenvalue weighted by Crippen LogP contribution is 2.39. The van der Waals surface area contributed by atoms with Crippen molar-refractivity contribution in [3.8, 4) is 0 Å². The molecule has 0 saturated heterocycles. The number of hydrogen-bond donors (Lipinski definition) is 3. The summed E-state index contributed by atoms with van der Waals surface area (Å²) in [5.41, 5.74) is 3.63. The van der Waals surface area contributed by atoms with Crippen LogP contribution in [0.5, 0.6) is 0 Å². The summed E-state index contributed by atoms with van der Waals surface area (Å²) in [5, 5.41) is 11.7. The number of carbonyl (C=O) groups excluding carboxylic acids is 1. The molecule has 2 aliphatic heterocycles. The molecule has 0 bridgehead atoms. The van der Waals surface area contributed by atoms with E-state index in [1.165, 1.54) is 0 Å². The molecule has 0 radical (unpaired) electrons.